The third kappa shape index (κ3) is 7.79. The maximum Gasteiger partial charge on any atom is 0.163 e. The van der Waals surface area contributed by atoms with Crippen LogP contribution in [0.15, 0.2) is 0 Å². The molecule has 0 aliphatic rings. The van der Waals surface area contributed by atoms with Crippen molar-refractivity contribution in [3.63, 3.8) is 0 Å². The van der Waals surface area contributed by atoms with E-state index in [-0.39, 0.29) is 0 Å². The van der Waals surface area contributed by atoms with Gasteiger partial charge in [-0.2, -0.15) is 0 Å². The van der Waals surface area contributed by atoms with Gasteiger partial charge in [0, 0.05) is 6.04 Å². The quantitative estimate of drug-likeness (QED) is 0.648. The summed E-state index contributed by atoms with van der Waals surface area (Å²) in [6.45, 7) is 6.59. The fourth-order valence-electron chi connectivity index (χ4n) is 1.15. The van der Waals surface area contributed by atoms with Crippen LogP contribution >= 0.6 is 12.2 Å². The molecule has 0 amide bonds. The third-order valence-corrected chi connectivity index (χ3v) is 1.93. The van der Waals surface area contributed by atoms with Crippen LogP contribution in [-0.2, 0) is 0 Å². The molecule has 0 aromatic heterocycles. The Labute approximate surface area is 80.9 Å². The van der Waals surface area contributed by atoms with Crippen LogP contribution in [0.1, 0.15) is 40.0 Å². The number of hydrogen-bond acceptors (Lipinski definition) is 1. The van der Waals surface area contributed by atoms with Gasteiger partial charge in [-0.1, -0.05) is 26.7 Å². The Kier molecular flexibility index (Phi) is 6.07. The van der Waals surface area contributed by atoms with Gasteiger partial charge in [-0.05, 0) is 31.5 Å². The molecular weight excluding hydrogens is 168 g/mol. The van der Waals surface area contributed by atoms with Crippen molar-refractivity contribution in [3.05, 3.63) is 0 Å². The van der Waals surface area contributed by atoms with E-state index in [1.807, 2.05) is 0 Å². The first-order valence-electron chi connectivity index (χ1n) is 4.58. The Morgan fingerprint density at radius 1 is 1.33 bits per heavy atom. The van der Waals surface area contributed by atoms with Crippen LogP contribution < -0.4 is 11.1 Å². The van der Waals surface area contributed by atoms with Crippen molar-refractivity contribution in [1.82, 2.24) is 5.32 Å². The first-order valence-corrected chi connectivity index (χ1v) is 4.99. The zero-order valence-corrected chi connectivity index (χ0v) is 9.08. The minimum atomic E-state index is 0.409. The second-order valence-corrected chi connectivity index (χ2v) is 4.17. The van der Waals surface area contributed by atoms with Crippen molar-refractivity contribution in [2.75, 3.05) is 0 Å². The van der Waals surface area contributed by atoms with E-state index in [4.69, 9.17) is 18.0 Å². The highest BCUT2D eigenvalue weighted by Gasteiger charge is 2.01. The normalized spacial score (nSPS) is 13.0. The van der Waals surface area contributed by atoms with Crippen LogP contribution in [0.2, 0.25) is 0 Å². The third-order valence-electron chi connectivity index (χ3n) is 1.81. The highest BCUT2D eigenvalue weighted by Crippen LogP contribution is 2.07. The Bertz CT molecular complexity index is 134. The molecule has 0 fully saturated rings. The second-order valence-electron chi connectivity index (χ2n) is 3.73. The van der Waals surface area contributed by atoms with Crippen LogP contribution in [0.3, 0.4) is 0 Å². The molecule has 0 bridgehead atoms. The Balaban J connectivity index is 3.31. The molecule has 0 aromatic carbocycles. The van der Waals surface area contributed by atoms with Crippen LogP contribution in [0.5, 0.6) is 0 Å². The molecule has 2 nitrogen and oxygen atoms in total. The van der Waals surface area contributed by atoms with E-state index in [9.17, 15) is 0 Å². The lowest BCUT2D eigenvalue weighted by atomic mass is 10.0. The monoisotopic (exact) mass is 188 g/mol. The number of thiocarbonyl (C=S) groups is 1. The molecule has 12 heavy (non-hydrogen) atoms. The summed E-state index contributed by atoms with van der Waals surface area (Å²) in [5.74, 6) is 0.794. The van der Waals surface area contributed by atoms with Gasteiger partial charge in [-0.25, -0.2) is 0 Å². The minimum Gasteiger partial charge on any atom is -0.376 e. The topological polar surface area (TPSA) is 38.0 Å². The summed E-state index contributed by atoms with van der Waals surface area (Å²) >= 11 is 4.74. The molecule has 72 valence electrons. The van der Waals surface area contributed by atoms with Gasteiger partial charge in [0.15, 0.2) is 5.11 Å². The van der Waals surface area contributed by atoms with Crippen LogP contribution in [0.4, 0.5) is 0 Å². The molecule has 0 heterocycles. The van der Waals surface area contributed by atoms with Gasteiger partial charge < -0.3 is 11.1 Å². The predicted molar refractivity (Wildman–Crippen MR) is 58.1 cm³/mol. The summed E-state index contributed by atoms with van der Waals surface area (Å²) < 4.78 is 0. The lowest BCUT2D eigenvalue weighted by Crippen LogP contribution is -2.36. The van der Waals surface area contributed by atoms with Gasteiger partial charge in [-0.3, -0.25) is 0 Å². The van der Waals surface area contributed by atoms with Crippen LogP contribution in [-0.4, -0.2) is 11.2 Å². The van der Waals surface area contributed by atoms with E-state index < -0.39 is 0 Å². The molecule has 0 saturated carbocycles. The van der Waals surface area contributed by atoms with Gasteiger partial charge in [-0.15, -0.1) is 0 Å². The van der Waals surface area contributed by atoms with Gasteiger partial charge >= 0.3 is 0 Å². The number of nitrogens with one attached hydrogen (secondary N) is 1. The molecule has 0 aliphatic heterocycles. The SMILES string of the molecule is CC(C)CCCC(C)NC(N)=S. The highest BCUT2D eigenvalue weighted by molar-refractivity contribution is 7.80. The van der Waals surface area contributed by atoms with Gasteiger partial charge in [0.1, 0.15) is 0 Å². The molecule has 1 atom stereocenters. The molecule has 0 rings (SSSR count). The fourth-order valence-corrected chi connectivity index (χ4v) is 1.35. The lowest BCUT2D eigenvalue weighted by Gasteiger charge is -2.13. The molecule has 0 spiro atoms. The minimum absolute atomic E-state index is 0.409. The average Bonchev–Trinajstić information content (AvgIpc) is 1.84. The second kappa shape index (κ2) is 6.23. The van der Waals surface area contributed by atoms with Crippen molar-refractivity contribution in [1.29, 1.82) is 0 Å². The Morgan fingerprint density at radius 2 is 1.92 bits per heavy atom. The van der Waals surface area contributed by atoms with Crippen molar-refractivity contribution in [2.45, 2.75) is 46.1 Å². The summed E-state index contributed by atoms with van der Waals surface area (Å²) in [5.41, 5.74) is 5.35. The Hall–Kier alpha value is -0.310. The molecule has 3 N–H and O–H groups in total. The fraction of sp³-hybridized carbons (Fsp3) is 0.889. The van der Waals surface area contributed by atoms with E-state index in [0.717, 1.165) is 12.3 Å². The van der Waals surface area contributed by atoms with Crippen LogP contribution in [0.25, 0.3) is 0 Å². The van der Waals surface area contributed by atoms with Crippen molar-refractivity contribution < 1.29 is 0 Å². The summed E-state index contributed by atoms with van der Waals surface area (Å²) in [6, 6.07) is 0.418. The smallest absolute Gasteiger partial charge is 0.163 e. The molecule has 0 aromatic rings. The zero-order valence-electron chi connectivity index (χ0n) is 8.26. The molecule has 3 heteroatoms. The molecule has 0 saturated heterocycles. The number of rotatable bonds is 5. The van der Waals surface area contributed by atoms with E-state index in [2.05, 4.69) is 26.1 Å². The number of hydrogen-bond donors (Lipinski definition) is 2. The van der Waals surface area contributed by atoms with E-state index in [1.54, 1.807) is 0 Å². The van der Waals surface area contributed by atoms with E-state index >= 15 is 0 Å². The molecular formula is C9H20N2S. The largest absolute Gasteiger partial charge is 0.376 e. The van der Waals surface area contributed by atoms with Gasteiger partial charge in [0.2, 0.25) is 0 Å². The van der Waals surface area contributed by atoms with Gasteiger partial charge in [0.25, 0.3) is 0 Å². The highest BCUT2D eigenvalue weighted by atomic mass is 32.1. The average molecular weight is 188 g/mol. The predicted octanol–water partition coefficient (Wildman–Crippen LogP) is 2.03. The summed E-state index contributed by atoms with van der Waals surface area (Å²) in [7, 11) is 0. The first kappa shape index (κ1) is 11.7. The summed E-state index contributed by atoms with van der Waals surface area (Å²) in [5, 5.41) is 3.43. The standard InChI is InChI=1S/C9H20N2S/c1-7(2)5-4-6-8(3)11-9(10)12/h7-8H,4-6H2,1-3H3,(H3,10,11,12). The Morgan fingerprint density at radius 3 is 2.33 bits per heavy atom. The van der Waals surface area contributed by atoms with Crippen molar-refractivity contribution >= 4 is 17.3 Å². The van der Waals surface area contributed by atoms with E-state index in [1.165, 1.54) is 12.8 Å². The first-order chi connectivity index (χ1) is 5.52. The van der Waals surface area contributed by atoms with E-state index in [0.29, 0.717) is 11.2 Å². The zero-order chi connectivity index (χ0) is 9.56. The maximum absolute atomic E-state index is 5.35. The molecule has 0 radical (unpaired) electrons. The summed E-state index contributed by atoms with van der Waals surface area (Å²) in [6.07, 6.45) is 3.67. The molecule has 1 unspecified atom stereocenters. The lowest BCUT2D eigenvalue weighted by molar-refractivity contribution is 0.495. The maximum atomic E-state index is 5.35. The van der Waals surface area contributed by atoms with Crippen molar-refractivity contribution in [3.8, 4) is 0 Å². The van der Waals surface area contributed by atoms with Crippen LogP contribution in [0, 0.1) is 5.92 Å². The summed E-state index contributed by atoms with van der Waals surface area (Å²) in [4.78, 5) is 0. The number of nitrogens with two attached hydrogens (primary N) is 1. The van der Waals surface area contributed by atoms with Gasteiger partial charge in [0.05, 0.1) is 0 Å². The molecule has 0 aliphatic carbocycles. The van der Waals surface area contributed by atoms with Crippen molar-refractivity contribution in [2.24, 2.45) is 11.7 Å².